The number of carbonyl (C=O) groups excluding carboxylic acids is 2. The van der Waals surface area contributed by atoms with E-state index in [1.165, 1.54) is 21.1 Å². The monoisotopic (exact) mass is 269 g/mol. The summed E-state index contributed by atoms with van der Waals surface area (Å²) in [6.45, 7) is 4.20. The zero-order chi connectivity index (χ0) is 13.1. The van der Waals surface area contributed by atoms with Crippen LogP contribution in [0.15, 0.2) is 0 Å². The van der Waals surface area contributed by atoms with E-state index in [0.717, 1.165) is 16.7 Å². The summed E-state index contributed by atoms with van der Waals surface area (Å²) in [5.74, 6) is -0.929. The maximum absolute atomic E-state index is 11.7. The molecular formula is C10H15N5O2S. The van der Waals surface area contributed by atoms with Crippen molar-refractivity contribution >= 4 is 28.3 Å². The third-order valence-electron chi connectivity index (χ3n) is 2.64. The Morgan fingerprint density at radius 2 is 2.06 bits per heavy atom. The van der Waals surface area contributed by atoms with Crippen molar-refractivity contribution in [2.75, 3.05) is 32.0 Å². The molecule has 8 heteroatoms. The summed E-state index contributed by atoms with van der Waals surface area (Å²) >= 11 is 1.40. The van der Waals surface area contributed by atoms with Gasteiger partial charge in [0.2, 0.25) is 5.13 Å². The predicted octanol–water partition coefficient (Wildman–Crippen LogP) is -0.230. The zero-order valence-corrected chi connectivity index (χ0v) is 11.2. The lowest BCUT2D eigenvalue weighted by atomic mass is 10.3. The highest BCUT2D eigenvalue weighted by molar-refractivity contribution is 7.15. The molecule has 1 aromatic heterocycles. The van der Waals surface area contributed by atoms with Gasteiger partial charge in [0, 0.05) is 26.7 Å². The molecule has 1 N–H and O–H groups in total. The van der Waals surface area contributed by atoms with Gasteiger partial charge in [-0.1, -0.05) is 11.3 Å². The number of likely N-dealkylation sites (N-methyl/N-ethyl adjacent to an activating group) is 1. The Morgan fingerprint density at radius 1 is 1.28 bits per heavy atom. The van der Waals surface area contributed by atoms with Crippen LogP contribution in [0.2, 0.25) is 0 Å². The first-order chi connectivity index (χ1) is 8.61. The van der Waals surface area contributed by atoms with E-state index in [1.807, 2.05) is 6.92 Å². The molecule has 0 unspecified atom stereocenters. The summed E-state index contributed by atoms with van der Waals surface area (Å²) in [6, 6.07) is 0. The molecule has 0 radical (unpaired) electrons. The average Bonchev–Trinajstić information content (AvgIpc) is 2.78. The van der Waals surface area contributed by atoms with Crippen molar-refractivity contribution < 1.29 is 9.59 Å². The van der Waals surface area contributed by atoms with Crippen molar-refractivity contribution in [2.45, 2.75) is 13.5 Å². The van der Waals surface area contributed by atoms with Gasteiger partial charge in [0.25, 0.3) is 0 Å². The van der Waals surface area contributed by atoms with Gasteiger partial charge in [0.05, 0.1) is 6.54 Å². The molecular weight excluding hydrogens is 254 g/mol. The van der Waals surface area contributed by atoms with Crippen molar-refractivity contribution in [3.63, 3.8) is 0 Å². The number of piperazine rings is 1. The molecule has 0 saturated carbocycles. The third-order valence-corrected chi connectivity index (χ3v) is 3.51. The number of amides is 2. The van der Waals surface area contributed by atoms with Crippen LogP contribution in [-0.4, -0.2) is 58.5 Å². The molecule has 18 heavy (non-hydrogen) atoms. The molecule has 0 aliphatic carbocycles. The maximum Gasteiger partial charge on any atom is 0.312 e. The number of anilines is 1. The molecule has 98 valence electrons. The molecule has 0 aromatic carbocycles. The normalized spacial score (nSPS) is 16.3. The number of hydrogen-bond acceptors (Lipinski definition) is 6. The Hall–Kier alpha value is -1.70. The Balaban J connectivity index is 2.00. The van der Waals surface area contributed by atoms with Gasteiger partial charge in [0.15, 0.2) is 0 Å². The summed E-state index contributed by atoms with van der Waals surface area (Å²) in [7, 11) is 1.63. The van der Waals surface area contributed by atoms with Crippen molar-refractivity contribution in [2.24, 2.45) is 0 Å². The Kier molecular flexibility index (Phi) is 3.75. The SMILES string of the molecule is CCNc1nnc(CN2CCN(C)C(=O)C2=O)s1. The van der Waals surface area contributed by atoms with E-state index >= 15 is 0 Å². The molecule has 0 bridgehead atoms. The van der Waals surface area contributed by atoms with Crippen LogP contribution in [0.5, 0.6) is 0 Å². The summed E-state index contributed by atoms with van der Waals surface area (Å²) < 4.78 is 0. The molecule has 1 aliphatic rings. The average molecular weight is 269 g/mol. The van der Waals surface area contributed by atoms with Crippen LogP contribution in [0.4, 0.5) is 5.13 Å². The molecule has 7 nitrogen and oxygen atoms in total. The second-order valence-electron chi connectivity index (χ2n) is 3.98. The third kappa shape index (κ3) is 2.58. The van der Waals surface area contributed by atoms with E-state index < -0.39 is 11.8 Å². The highest BCUT2D eigenvalue weighted by Crippen LogP contribution is 2.17. The van der Waals surface area contributed by atoms with Crippen LogP contribution in [0.25, 0.3) is 0 Å². The summed E-state index contributed by atoms with van der Waals surface area (Å²) in [4.78, 5) is 26.2. The number of carbonyl (C=O) groups is 2. The zero-order valence-electron chi connectivity index (χ0n) is 10.3. The van der Waals surface area contributed by atoms with Crippen molar-refractivity contribution in [1.29, 1.82) is 0 Å². The summed E-state index contributed by atoms with van der Waals surface area (Å²) in [5.41, 5.74) is 0. The number of aromatic nitrogens is 2. The summed E-state index contributed by atoms with van der Waals surface area (Å²) in [6.07, 6.45) is 0. The highest BCUT2D eigenvalue weighted by Gasteiger charge is 2.30. The lowest BCUT2D eigenvalue weighted by Crippen LogP contribution is -2.52. The quantitative estimate of drug-likeness (QED) is 0.764. The van der Waals surface area contributed by atoms with Gasteiger partial charge in [-0.25, -0.2) is 0 Å². The van der Waals surface area contributed by atoms with Gasteiger partial charge in [-0.15, -0.1) is 10.2 Å². The maximum atomic E-state index is 11.7. The van der Waals surface area contributed by atoms with Gasteiger partial charge in [0.1, 0.15) is 5.01 Å². The molecule has 1 aliphatic heterocycles. The first-order valence-electron chi connectivity index (χ1n) is 5.72. The van der Waals surface area contributed by atoms with Crippen LogP contribution in [0.1, 0.15) is 11.9 Å². The van der Waals surface area contributed by atoms with E-state index in [-0.39, 0.29) is 0 Å². The molecule has 2 heterocycles. The molecule has 1 saturated heterocycles. The fourth-order valence-corrected chi connectivity index (χ4v) is 2.45. The lowest BCUT2D eigenvalue weighted by Gasteiger charge is -2.30. The van der Waals surface area contributed by atoms with Gasteiger partial charge in [-0.2, -0.15) is 0 Å². The molecule has 0 atom stereocenters. The summed E-state index contributed by atoms with van der Waals surface area (Å²) in [5, 5.41) is 12.5. The Labute approximate surface area is 109 Å². The van der Waals surface area contributed by atoms with Gasteiger partial charge in [-0.05, 0) is 6.92 Å². The van der Waals surface area contributed by atoms with Crippen LogP contribution >= 0.6 is 11.3 Å². The number of nitrogens with zero attached hydrogens (tertiary/aromatic N) is 4. The number of nitrogens with one attached hydrogen (secondary N) is 1. The molecule has 1 aromatic rings. The molecule has 2 rings (SSSR count). The lowest BCUT2D eigenvalue weighted by molar-refractivity contribution is -0.155. The largest absolute Gasteiger partial charge is 0.360 e. The minimum absolute atomic E-state index is 0.349. The smallest absolute Gasteiger partial charge is 0.312 e. The standard InChI is InChI=1S/C10H15N5O2S/c1-3-11-10-13-12-7(18-10)6-15-5-4-14(2)8(16)9(15)17/h3-6H2,1-2H3,(H,11,13). The van der Waals surface area contributed by atoms with Crippen molar-refractivity contribution in [3.05, 3.63) is 5.01 Å². The first kappa shape index (κ1) is 12.7. The van der Waals surface area contributed by atoms with Crippen molar-refractivity contribution in [1.82, 2.24) is 20.0 Å². The predicted molar refractivity (Wildman–Crippen MR) is 67.1 cm³/mol. The van der Waals surface area contributed by atoms with Crippen LogP contribution < -0.4 is 5.32 Å². The minimum atomic E-state index is -0.469. The second-order valence-corrected chi connectivity index (χ2v) is 5.05. The van der Waals surface area contributed by atoms with E-state index in [9.17, 15) is 9.59 Å². The fourth-order valence-electron chi connectivity index (χ4n) is 1.63. The van der Waals surface area contributed by atoms with E-state index in [2.05, 4.69) is 15.5 Å². The van der Waals surface area contributed by atoms with Gasteiger partial charge < -0.3 is 15.1 Å². The topological polar surface area (TPSA) is 78.4 Å². The number of hydrogen-bond donors (Lipinski definition) is 1. The van der Waals surface area contributed by atoms with E-state index in [1.54, 1.807) is 7.05 Å². The Morgan fingerprint density at radius 3 is 2.78 bits per heavy atom. The minimum Gasteiger partial charge on any atom is -0.360 e. The molecule has 2 amide bonds. The number of rotatable bonds is 4. The fraction of sp³-hybridized carbons (Fsp3) is 0.600. The van der Waals surface area contributed by atoms with Gasteiger partial charge >= 0.3 is 11.8 Å². The van der Waals surface area contributed by atoms with E-state index in [4.69, 9.17) is 0 Å². The van der Waals surface area contributed by atoms with Gasteiger partial charge in [-0.3, -0.25) is 9.59 Å². The highest BCUT2D eigenvalue weighted by atomic mass is 32.1. The van der Waals surface area contributed by atoms with Crippen LogP contribution in [-0.2, 0) is 16.1 Å². The van der Waals surface area contributed by atoms with Crippen LogP contribution in [0, 0.1) is 0 Å². The van der Waals surface area contributed by atoms with Crippen LogP contribution in [0.3, 0.4) is 0 Å². The van der Waals surface area contributed by atoms with E-state index in [0.29, 0.717) is 19.6 Å². The molecule has 1 fully saturated rings. The Bertz CT molecular complexity index is 461. The molecule has 0 spiro atoms. The van der Waals surface area contributed by atoms with Crippen molar-refractivity contribution in [3.8, 4) is 0 Å². The second kappa shape index (κ2) is 5.30. The first-order valence-corrected chi connectivity index (χ1v) is 6.54.